The molecule has 7 heteroatoms. The first-order valence-electron chi connectivity index (χ1n) is 7.36. The first-order chi connectivity index (χ1) is 12.0. The molecule has 2 aromatic carbocycles. The van der Waals surface area contributed by atoms with Gasteiger partial charge in [-0.2, -0.15) is 0 Å². The fourth-order valence-electron chi connectivity index (χ4n) is 2.40. The molecule has 0 atom stereocenters. The van der Waals surface area contributed by atoms with E-state index in [9.17, 15) is 14.9 Å². The molecule has 25 heavy (non-hydrogen) atoms. The zero-order valence-corrected chi connectivity index (χ0v) is 14.7. The molecule has 0 aliphatic heterocycles. The van der Waals surface area contributed by atoms with Gasteiger partial charge in [0.2, 0.25) is 5.78 Å². The number of anilines is 2. The van der Waals surface area contributed by atoms with E-state index in [0.29, 0.717) is 26.8 Å². The predicted molar refractivity (Wildman–Crippen MR) is 100 cm³/mol. The van der Waals surface area contributed by atoms with Gasteiger partial charge in [0.05, 0.1) is 14.8 Å². The molecule has 1 N–H and O–H groups in total. The molecule has 0 radical (unpaired) electrons. The average molecular weight is 373 g/mol. The normalized spacial score (nSPS) is 10.5. The van der Waals surface area contributed by atoms with Crippen LogP contribution >= 0.6 is 22.9 Å². The molecule has 0 aliphatic carbocycles. The maximum atomic E-state index is 12.6. The van der Waals surface area contributed by atoms with Gasteiger partial charge in [0, 0.05) is 17.3 Å². The third-order valence-corrected chi connectivity index (χ3v) is 4.99. The Balaban J connectivity index is 1.90. The highest BCUT2D eigenvalue weighted by Crippen LogP contribution is 2.31. The molecule has 0 spiro atoms. The summed E-state index contributed by atoms with van der Waals surface area (Å²) in [5, 5.41) is 16.2. The first kappa shape index (κ1) is 17.1. The van der Waals surface area contributed by atoms with Crippen LogP contribution in [0, 0.1) is 17.0 Å². The number of aryl methyl sites for hydroxylation is 1. The Morgan fingerprint density at radius 3 is 2.60 bits per heavy atom. The van der Waals surface area contributed by atoms with E-state index in [1.54, 1.807) is 36.4 Å². The Morgan fingerprint density at radius 2 is 1.96 bits per heavy atom. The van der Waals surface area contributed by atoms with Gasteiger partial charge in [-0.05, 0) is 48.2 Å². The molecule has 0 saturated heterocycles. The van der Waals surface area contributed by atoms with Gasteiger partial charge in [0.1, 0.15) is 5.69 Å². The number of halogens is 1. The smallest absolute Gasteiger partial charge is 0.292 e. The molecule has 0 fully saturated rings. The molecule has 5 nitrogen and oxygen atoms in total. The summed E-state index contributed by atoms with van der Waals surface area (Å²) >= 11 is 7.65. The van der Waals surface area contributed by atoms with Gasteiger partial charge in [-0.1, -0.05) is 23.7 Å². The highest BCUT2D eigenvalue weighted by Gasteiger charge is 2.17. The minimum atomic E-state index is -0.457. The number of nitro groups is 1. The van der Waals surface area contributed by atoms with Crippen LogP contribution in [-0.2, 0) is 0 Å². The van der Waals surface area contributed by atoms with Crippen molar-refractivity contribution in [2.24, 2.45) is 0 Å². The number of nitro benzene ring substituents is 1. The van der Waals surface area contributed by atoms with Crippen molar-refractivity contribution in [1.29, 1.82) is 0 Å². The van der Waals surface area contributed by atoms with Gasteiger partial charge >= 0.3 is 0 Å². The van der Waals surface area contributed by atoms with E-state index in [1.807, 2.05) is 18.4 Å². The summed E-state index contributed by atoms with van der Waals surface area (Å²) in [4.78, 5) is 23.9. The van der Waals surface area contributed by atoms with Crippen molar-refractivity contribution in [2.75, 3.05) is 5.32 Å². The number of thiophene rings is 1. The Kier molecular flexibility index (Phi) is 4.83. The summed E-state index contributed by atoms with van der Waals surface area (Å²) in [6.45, 7) is 1.88. The van der Waals surface area contributed by atoms with E-state index in [2.05, 4.69) is 5.32 Å². The van der Waals surface area contributed by atoms with E-state index in [1.165, 1.54) is 17.4 Å². The molecule has 0 saturated carbocycles. The van der Waals surface area contributed by atoms with Crippen molar-refractivity contribution in [3.63, 3.8) is 0 Å². The lowest BCUT2D eigenvalue weighted by Crippen LogP contribution is -2.02. The third-order valence-electron chi connectivity index (χ3n) is 3.66. The number of hydrogen-bond acceptors (Lipinski definition) is 5. The standard InChI is InChI=1S/C18H13ClN2O3S/c1-11-8-9-25-18(11)17(22)13-7-6-12(10-14(13)19)20-15-4-2-3-5-16(15)21(23)24/h2-10,20H,1H3. The van der Waals surface area contributed by atoms with Crippen molar-refractivity contribution >= 4 is 45.8 Å². The Labute approximate surface area is 153 Å². The van der Waals surface area contributed by atoms with E-state index in [0.717, 1.165) is 5.56 Å². The number of carbonyl (C=O) groups is 1. The van der Waals surface area contributed by atoms with Crippen LogP contribution in [0.15, 0.2) is 53.9 Å². The second-order valence-electron chi connectivity index (χ2n) is 5.36. The van der Waals surface area contributed by atoms with E-state index >= 15 is 0 Å². The van der Waals surface area contributed by atoms with Gasteiger partial charge < -0.3 is 5.32 Å². The maximum Gasteiger partial charge on any atom is 0.292 e. The van der Waals surface area contributed by atoms with Gasteiger partial charge in [0.15, 0.2) is 0 Å². The minimum Gasteiger partial charge on any atom is -0.350 e. The summed E-state index contributed by atoms with van der Waals surface area (Å²) in [7, 11) is 0. The Bertz CT molecular complexity index is 968. The molecule has 126 valence electrons. The predicted octanol–water partition coefficient (Wildman–Crippen LogP) is 5.59. The average Bonchev–Trinajstić information content (AvgIpc) is 3.01. The molecular weight excluding hydrogens is 360 g/mol. The number of benzene rings is 2. The van der Waals surface area contributed by atoms with Crippen molar-refractivity contribution in [3.05, 3.63) is 85.1 Å². The molecule has 0 unspecified atom stereocenters. The number of carbonyl (C=O) groups excluding carboxylic acids is 1. The maximum absolute atomic E-state index is 12.6. The topological polar surface area (TPSA) is 72.2 Å². The zero-order valence-electron chi connectivity index (χ0n) is 13.2. The molecule has 0 aliphatic rings. The molecule has 1 aromatic heterocycles. The molecule has 3 rings (SSSR count). The molecule has 3 aromatic rings. The highest BCUT2D eigenvalue weighted by molar-refractivity contribution is 7.12. The van der Waals surface area contributed by atoms with Crippen molar-refractivity contribution < 1.29 is 9.72 Å². The fourth-order valence-corrected chi connectivity index (χ4v) is 3.54. The van der Waals surface area contributed by atoms with Crippen LogP contribution in [0.3, 0.4) is 0 Å². The van der Waals surface area contributed by atoms with Gasteiger partial charge in [0.25, 0.3) is 5.69 Å². The van der Waals surface area contributed by atoms with Crippen LogP contribution in [0.1, 0.15) is 20.8 Å². The summed E-state index contributed by atoms with van der Waals surface area (Å²) in [5.74, 6) is -0.130. The lowest BCUT2D eigenvalue weighted by atomic mass is 10.1. The van der Waals surface area contributed by atoms with E-state index in [-0.39, 0.29) is 11.5 Å². The Hall–Kier alpha value is -2.70. The number of nitrogens with zero attached hydrogens (tertiary/aromatic N) is 1. The summed E-state index contributed by atoms with van der Waals surface area (Å²) < 4.78 is 0. The van der Waals surface area contributed by atoms with Crippen molar-refractivity contribution in [1.82, 2.24) is 0 Å². The summed E-state index contributed by atoms with van der Waals surface area (Å²) in [5.41, 5.74) is 2.21. The second-order valence-corrected chi connectivity index (χ2v) is 6.68. The van der Waals surface area contributed by atoms with Crippen molar-refractivity contribution in [3.8, 4) is 0 Å². The zero-order chi connectivity index (χ0) is 18.0. The lowest BCUT2D eigenvalue weighted by Gasteiger charge is -2.09. The molecule has 0 amide bonds. The Morgan fingerprint density at radius 1 is 1.20 bits per heavy atom. The molecule has 0 bridgehead atoms. The number of ketones is 1. The van der Waals surface area contributed by atoms with E-state index in [4.69, 9.17) is 11.6 Å². The molecular formula is C18H13ClN2O3S. The highest BCUT2D eigenvalue weighted by atomic mass is 35.5. The summed E-state index contributed by atoms with van der Waals surface area (Å²) in [6.07, 6.45) is 0. The lowest BCUT2D eigenvalue weighted by molar-refractivity contribution is -0.383. The number of para-hydroxylation sites is 2. The van der Waals surface area contributed by atoms with Crippen LogP contribution < -0.4 is 5.32 Å². The van der Waals surface area contributed by atoms with Crippen LogP contribution in [0.2, 0.25) is 5.02 Å². The first-order valence-corrected chi connectivity index (χ1v) is 8.62. The van der Waals surface area contributed by atoms with Crippen LogP contribution in [0.25, 0.3) is 0 Å². The van der Waals surface area contributed by atoms with Crippen molar-refractivity contribution in [2.45, 2.75) is 6.92 Å². The monoisotopic (exact) mass is 372 g/mol. The molecule has 1 heterocycles. The van der Waals surface area contributed by atoms with Gasteiger partial charge in [-0.25, -0.2) is 0 Å². The fraction of sp³-hybridized carbons (Fsp3) is 0.0556. The van der Waals surface area contributed by atoms with E-state index < -0.39 is 4.92 Å². The van der Waals surface area contributed by atoms with Crippen LogP contribution in [0.5, 0.6) is 0 Å². The minimum absolute atomic E-state index is 0.0343. The van der Waals surface area contributed by atoms with Gasteiger partial charge in [-0.15, -0.1) is 11.3 Å². The SMILES string of the molecule is Cc1ccsc1C(=O)c1ccc(Nc2ccccc2[N+](=O)[O-])cc1Cl. The summed E-state index contributed by atoms with van der Waals surface area (Å²) in [6, 6.07) is 13.1. The number of rotatable bonds is 5. The quantitative estimate of drug-likeness (QED) is 0.360. The number of nitrogens with one attached hydrogen (secondary N) is 1. The van der Waals surface area contributed by atoms with Crippen LogP contribution in [-0.4, -0.2) is 10.7 Å². The third kappa shape index (κ3) is 3.55. The largest absolute Gasteiger partial charge is 0.350 e. The van der Waals surface area contributed by atoms with Crippen LogP contribution in [0.4, 0.5) is 17.1 Å². The van der Waals surface area contributed by atoms with Gasteiger partial charge in [-0.3, -0.25) is 14.9 Å². The second kappa shape index (κ2) is 7.04. The number of hydrogen-bond donors (Lipinski definition) is 1.